The molecule has 1 saturated heterocycles. The van der Waals surface area contributed by atoms with Gasteiger partial charge in [0.2, 0.25) is 5.91 Å². The predicted octanol–water partition coefficient (Wildman–Crippen LogP) is -0.173. The quantitative estimate of drug-likeness (QED) is 0.580. The SMILES string of the molecule is CNC(C)C(=O)N1CCC1. The summed E-state index contributed by atoms with van der Waals surface area (Å²) < 4.78 is 0. The molecule has 0 aromatic carbocycles. The molecule has 0 radical (unpaired) electrons. The average Bonchev–Trinajstić information content (AvgIpc) is 1.82. The van der Waals surface area contributed by atoms with E-state index in [4.69, 9.17) is 0 Å². The molecule has 0 aromatic heterocycles. The number of nitrogens with zero attached hydrogens (tertiary/aromatic N) is 1. The maximum Gasteiger partial charge on any atom is 0.239 e. The lowest BCUT2D eigenvalue weighted by Crippen LogP contribution is -2.49. The zero-order chi connectivity index (χ0) is 7.56. The lowest BCUT2D eigenvalue weighted by Gasteiger charge is -2.32. The van der Waals surface area contributed by atoms with Crippen LogP contribution in [0.15, 0.2) is 0 Å². The second-order valence-corrected chi connectivity index (χ2v) is 2.69. The van der Waals surface area contributed by atoms with Crippen molar-refractivity contribution in [1.82, 2.24) is 10.2 Å². The molecule has 0 saturated carbocycles. The van der Waals surface area contributed by atoms with Crippen LogP contribution in [0, 0.1) is 0 Å². The van der Waals surface area contributed by atoms with Crippen LogP contribution in [-0.2, 0) is 4.79 Å². The number of amides is 1. The molecule has 1 fully saturated rings. The number of nitrogens with one attached hydrogen (secondary N) is 1. The Morgan fingerprint density at radius 1 is 1.60 bits per heavy atom. The fraction of sp³-hybridized carbons (Fsp3) is 0.857. The zero-order valence-electron chi connectivity index (χ0n) is 6.55. The largest absolute Gasteiger partial charge is 0.341 e. The predicted molar refractivity (Wildman–Crippen MR) is 39.7 cm³/mol. The average molecular weight is 142 g/mol. The number of likely N-dealkylation sites (N-methyl/N-ethyl adjacent to an activating group) is 1. The Labute approximate surface area is 61.4 Å². The van der Waals surface area contributed by atoms with Gasteiger partial charge in [-0.1, -0.05) is 0 Å². The second-order valence-electron chi connectivity index (χ2n) is 2.69. The van der Waals surface area contributed by atoms with Crippen molar-refractivity contribution >= 4 is 5.91 Å². The molecule has 3 nitrogen and oxygen atoms in total. The van der Waals surface area contributed by atoms with Crippen LogP contribution in [0.1, 0.15) is 13.3 Å². The number of rotatable bonds is 2. The summed E-state index contributed by atoms with van der Waals surface area (Å²) in [6.07, 6.45) is 1.17. The van der Waals surface area contributed by atoms with E-state index in [1.54, 1.807) is 0 Å². The molecule has 3 heteroatoms. The Hall–Kier alpha value is -0.570. The van der Waals surface area contributed by atoms with E-state index in [2.05, 4.69) is 5.32 Å². The summed E-state index contributed by atoms with van der Waals surface area (Å²) in [5.74, 6) is 0.230. The third-order valence-corrected chi connectivity index (χ3v) is 1.97. The van der Waals surface area contributed by atoms with E-state index >= 15 is 0 Å². The lowest BCUT2D eigenvalue weighted by atomic mass is 10.2. The van der Waals surface area contributed by atoms with Gasteiger partial charge in [-0.15, -0.1) is 0 Å². The molecular weight excluding hydrogens is 128 g/mol. The van der Waals surface area contributed by atoms with Gasteiger partial charge in [0.25, 0.3) is 0 Å². The molecule has 58 valence electrons. The first kappa shape index (κ1) is 7.54. The third kappa shape index (κ3) is 1.29. The van der Waals surface area contributed by atoms with E-state index in [1.165, 1.54) is 6.42 Å². The van der Waals surface area contributed by atoms with Gasteiger partial charge in [-0.25, -0.2) is 0 Å². The van der Waals surface area contributed by atoms with Crippen molar-refractivity contribution in [2.45, 2.75) is 19.4 Å². The molecule has 1 N–H and O–H groups in total. The maximum absolute atomic E-state index is 11.2. The van der Waals surface area contributed by atoms with Crippen molar-refractivity contribution in [1.29, 1.82) is 0 Å². The summed E-state index contributed by atoms with van der Waals surface area (Å²) in [7, 11) is 1.81. The van der Waals surface area contributed by atoms with Gasteiger partial charge in [0.1, 0.15) is 0 Å². The Balaban J connectivity index is 2.32. The second kappa shape index (κ2) is 3.01. The molecule has 0 aromatic rings. The first-order chi connectivity index (χ1) is 4.75. The minimum atomic E-state index is -0.0136. The first-order valence-electron chi connectivity index (χ1n) is 3.71. The van der Waals surface area contributed by atoms with Crippen molar-refractivity contribution in [3.05, 3.63) is 0 Å². The number of hydrogen-bond donors (Lipinski definition) is 1. The van der Waals surface area contributed by atoms with Crippen molar-refractivity contribution in [2.24, 2.45) is 0 Å². The van der Waals surface area contributed by atoms with Crippen molar-refractivity contribution in [3.8, 4) is 0 Å². The molecule has 1 rings (SSSR count). The molecule has 1 heterocycles. The summed E-state index contributed by atoms with van der Waals surface area (Å²) >= 11 is 0. The Bertz CT molecular complexity index is 125. The zero-order valence-corrected chi connectivity index (χ0v) is 6.55. The van der Waals surface area contributed by atoms with Crippen molar-refractivity contribution in [2.75, 3.05) is 20.1 Å². The van der Waals surface area contributed by atoms with Crippen LogP contribution in [0.3, 0.4) is 0 Å². The van der Waals surface area contributed by atoms with Crippen LogP contribution < -0.4 is 5.32 Å². The van der Waals surface area contributed by atoms with Gasteiger partial charge in [-0.05, 0) is 20.4 Å². The van der Waals surface area contributed by atoms with Crippen LogP contribution >= 0.6 is 0 Å². The molecule has 10 heavy (non-hydrogen) atoms. The summed E-state index contributed by atoms with van der Waals surface area (Å²) in [5, 5.41) is 2.92. The van der Waals surface area contributed by atoms with Gasteiger partial charge in [-0.2, -0.15) is 0 Å². The number of hydrogen-bond acceptors (Lipinski definition) is 2. The van der Waals surface area contributed by atoms with E-state index in [1.807, 2.05) is 18.9 Å². The molecule has 1 amide bonds. The lowest BCUT2D eigenvalue weighted by molar-refractivity contribution is -0.136. The van der Waals surface area contributed by atoms with Gasteiger partial charge in [0, 0.05) is 13.1 Å². The van der Waals surface area contributed by atoms with Gasteiger partial charge >= 0.3 is 0 Å². The summed E-state index contributed by atoms with van der Waals surface area (Å²) in [5.41, 5.74) is 0. The van der Waals surface area contributed by atoms with Crippen LogP contribution in [0.2, 0.25) is 0 Å². The molecule has 0 aliphatic carbocycles. The van der Waals surface area contributed by atoms with Gasteiger partial charge in [0.15, 0.2) is 0 Å². The molecule has 1 aliphatic heterocycles. The van der Waals surface area contributed by atoms with Crippen LogP contribution in [0.5, 0.6) is 0 Å². The van der Waals surface area contributed by atoms with E-state index in [9.17, 15) is 4.79 Å². The van der Waals surface area contributed by atoms with Crippen molar-refractivity contribution < 1.29 is 4.79 Å². The van der Waals surface area contributed by atoms with Crippen LogP contribution in [0.25, 0.3) is 0 Å². The Kier molecular flexibility index (Phi) is 2.27. The highest BCUT2D eigenvalue weighted by Gasteiger charge is 2.23. The van der Waals surface area contributed by atoms with Gasteiger partial charge < -0.3 is 10.2 Å². The molecule has 0 bridgehead atoms. The molecule has 1 unspecified atom stereocenters. The fourth-order valence-electron chi connectivity index (χ4n) is 0.934. The van der Waals surface area contributed by atoms with E-state index in [-0.39, 0.29) is 11.9 Å². The monoisotopic (exact) mass is 142 g/mol. The van der Waals surface area contributed by atoms with Crippen LogP contribution in [0.4, 0.5) is 0 Å². The van der Waals surface area contributed by atoms with Gasteiger partial charge in [0.05, 0.1) is 6.04 Å². The highest BCUT2D eigenvalue weighted by Crippen LogP contribution is 2.06. The summed E-state index contributed by atoms with van der Waals surface area (Å²) in [6, 6.07) is -0.0136. The minimum absolute atomic E-state index is 0.0136. The first-order valence-corrected chi connectivity index (χ1v) is 3.71. The highest BCUT2D eigenvalue weighted by atomic mass is 16.2. The topological polar surface area (TPSA) is 32.3 Å². The molecule has 1 aliphatic rings. The number of likely N-dealkylation sites (tertiary alicyclic amines) is 1. The normalized spacial score (nSPS) is 20.0. The Morgan fingerprint density at radius 3 is 2.50 bits per heavy atom. The van der Waals surface area contributed by atoms with Crippen LogP contribution in [-0.4, -0.2) is 37.0 Å². The fourth-order valence-corrected chi connectivity index (χ4v) is 0.934. The smallest absolute Gasteiger partial charge is 0.239 e. The molecule has 0 spiro atoms. The van der Waals surface area contributed by atoms with Gasteiger partial charge in [-0.3, -0.25) is 4.79 Å². The third-order valence-electron chi connectivity index (χ3n) is 1.97. The van der Waals surface area contributed by atoms with E-state index in [0.29, 0.717) is 0 Å². The summed E-state index contributed by atoms with van der Waals surface area (Å²) in [6.45, 7) is 3.79. The Morgan fingerprint density at radius 2 is 2.20 bits per heavy atom. The van der Waals surface area contributed by atoms with E-state index < -0.39 is 0 Å². The maximum atomic E-state index is 11.2. The number of carbonyl (C=O) groups is 1. The summed E-state index contributed by atoms with van der Waals surface area (Å²) in [4.78, 5) is 13.1. The van der Waals surface area contributed by atoms with Crippen molar-refractivity contribution in [3.63, 3.8) is 0 Å². The molecule has 1 atom stereocenters. The molecular formula is C7H14N2O. The minimum Gasteiger partial charge on any atom is -0.341 e. The number of carbonyl (C=O) groups excluding carboxylic acids is 1. The van der Waals surface area contributed by atoms with E-state index in [0.717, 1.165) is 13.1 Å². The highest BCUT2D eigenvalue weighted by molar-refractivity contribution is 5.81. The standard InChI is InChI=1S/C7H14N2O/c1-6(8-2)7(10)9-4-3-5-9/h6,8H,3-5H2,1-2H3.